The molecule has 7 nitrogen and oxygen atoms in total. The normalized spacial score (nSPS) is 10.8. The second-order valence-electron chi connectivity index (χ2n) is 5.64. The van der Waals surface area contributed by atoms with Crippen LogP contribution in [0.3, 0.4) is 0 Å². The third-order valence-electron chi connectivity index (χ3n) is 3.48. The highest BCUT2D eigenvalue weighted by Crippen LogP contribution is 2.19. The molecule has 0 aliphatic rings. The average molecular weight is 410 g/mol. The molecule has 2 N–H and O–H groups in total. The second kappa shape index (κ2) is 9.58. The van der Waals surface area contributed by atoms with Crippen molar-refractivity contribution < 1.29 is 37.0 Å². The molecule has 154 valence electrons. The number of nitrogens with one attached hydrogen (secondary N) is 2. The summed E-state index contributed by atoms with van der Waals surface area (Å²) in [5.74, 6) is -2.32. The number of alkyl halides is 3. The van der Waals surface area contributed by atoms with Crippen molar-refractivity contribution in [2.75, 3.05) is 11.9 Å². The van der Waals surface area contributed by atoms with Gasteiger partial charge in [-0.05, 0) is 48.9 Å². The fraction of sp³-hybridized carbons (Fsp3) is 0.211. The van der Waals surface area contributed by atoms with E-state index in [1.165, 1.54) is 42.5 Å². The van der Waals surface area contributed by atoms with Crippen LogP contribution in [0.1, 0.15) is 22.8 Å². The topological polar surface area (TPSA) is 93.7 Å². The minimum Gasteiger partial charge on any atom is -0.434 e. The first kappa shape index (κ1) is 21.7. The lowest BCUT2D eigenvalue weighted by Crippen LogP contribution is -2.30. The molecule has 2 amide bonds. The summed E-state index contributed by atoms with van der Waals surface area (Å²) in [6, 6.07) is 11.4. The summed E-state index contributed by atoms with van der Waals surface area (Å²) in [6.45, 7) is 1.82. The molecule has 2 rings (SSSR count). The number of rotatable bonds is 6. The van der Waals surface area contributed by atoms with Gasteiger partial charge in [0.15, 0.2) is 0 Å². The zero-order chi connectivity index (χ0) is 21.4. The van der Waals surface area contributed by atoms with Crippen molar-refractivity contribution in [3.63, 3.8) is 0 Å². The Balaban J connectivity index is 1.93. The minimum atomic E-state index is -4.99. The predicted octanol–water partition coefficient (Wildman–Crippen LogP) is 3.65. The monoisotopic (exact) mass is 410 g/mol. The summed E-state index contributed by atoms with van der Waals surface area (Å²) < 4.78 is 46.4. The van der Waals surface area contributed by atoms with Gasteiger partial charge < -0.3 is 20.1 Å². The van der Waals surface area contributed by atoms with Crippen molar-refractivity contribution in [2.45, 2.75) is 19.6 Å². The van der Waals surface area contributed by atoms with E-state index in [1.54, 1.807) is 18.3 Å². The highest BCUT2D eigenvalue weighted by atomic mass is 19.4. The van der Waals surface area contributed by atoms with Gasteiger partial charge in [0.2, 0.25) is 0 Å². The van der Waals surface area contributed by atoms with Gasteiger partial charge in [0.05, 0.1) is 6.61 Å². The smallest absolute Gasteiger partial charge is 0.434 e. The molecule has 0 bridgehead atoms. The molecule has 29 heavy (non-hydrogen) atoms. The first-order chi connectivity index (χ1) is 13.7. The summed E-state index contributed by atoms with van der Waals surface area (Å²) in [5, 5.41) is 4.34. The van der Waals surface area contributed by atoms with Crippen LogP contribution in [0, 0.1) is 0 Å². The van der Waals surface area contributed by atoms with Crippen LogP contribution in [0.4, 0.5) is 23.7 Å². The van der Waals surface area contributed by atoms with Crippen molar-refractivity contribution in [1.29, 1.82) is 0 Å². The number of ether oxygens (including phenoxy) is 2. The average Bonchev–Trinajstić information content (AvgIpc) is 2.66. The summed E-state index contributed by atoms with van der Waals surface area (Å²) in [6.07, 6.45) is -5.85. The predicted molar refractivity (Wildman–Crippen MR) is 96.4 cm³/mol. The Kier molecular flexibility index (Phi) is 7.18. The molecular weight excluding hydrogens is 393 g/mol. The number of halogens is 3. The second-order valence-corrected chi connectivity index (χ2v) is 5.64. The third kappa shape index (κ3) is 6.83. The molecule has 0 saturated heterocycles. The van der Waals surface area contributed by atoms with E-state index in [-0.39, 0.29) is 30.2 Å². The molecule has 0 aliphatic heterocycles. The lowest BCUT2D eigenvalue weighted by Gasteiger charge is -2.10. The fourth-order valence-corrected chi connectivity index (χ4v) is 2.16. The zero-order valence-electron chi connectivity index (χ0n) is 15.2. The standard InChI is InChI=1S/C19H17F3N2O5/c1-2-28-18(27)29-15-8-6-13(7-9-15)16(25)23-11-12-4-3-5-14(10-12)24-17(26)19(20,21)22/h3-10H,2,11H2,1H3,(H,23,25)(H,24,26). The maximum atomic E-state index is 12.3. The molecule has 10 heteroatoms. The molecule has 0 atom stereocenters. The highest BCUT2D eigenvalue weighted by Gasteiger charge is 2.38. The lowest BCUT2D eigenvalue weighted by atomic mass is 10.1. The van der Waals surface area contributed by atoms with Crippen LogP contribution in [0.2, 0.25) is 0 Å². The van der Waals surface area contributed by atoms with Gasteiger partial charge in [0.1, 0.15) is 5.75 Å². The number of hydrogen-bond donors (Lipinski definition) is 2. The van der Waals surface area contributed by atoms with E-state index >= 15 is 0 Å². The molecule has 0 aromatic heterocycles. The molecule has 0 unspecified atom stereocenters. The quantitative estimate of drug-likeness (QED) is 0.560. The Morgan fingerprint density at radius 3 is 2.34 bits per heavy atom. The first-order valence-corrected chi connectivity index (χ1v) is 8.39. The van der Waals surface area contributed by atoms with Crippen LogP contribution in [0.5, 0.6) is 5.75 Å². The van der Waals surface area contributed by atoms with E-state index in [9.17, 15) is 27.6 Å². The minimum absolute atomic E-state index is 0.0235. The van der Waals surface area contributed by atoms with Crippen molar-refractivity contribution in [1.82, 2.24) is 5.32 Å². The van der Waals surface area contributed by atoms with E-state index in [0.717, 1.165) is 0 Å². The first-order valence-electron chi connectivity index (χ1n) is 8.39. The van der Waals surface area contributed by atoms with Crippen LogP contribution in [-0.4, -0.2) is 30.8 Å². The van der Waals surface area contributed by atoms with E-state index in [2.05, 4.69) is 10.1 Å². The number of carbonyl (C=O) groups is 3. The fourth-order valence-electron chi connectivity index (χ4n) is 2.16. The van der Waals surface area contributed by atoms with Crippen LogP contribution in [0.25, 0.3) is 0 Å². The third-order valence-corrected chi connectivity index (χ3v) is 3.48. The van der Waals surface area contributed by atoms with Gasteiger partial charge in [-0.1, -0.05) is 12.1 Å². The number of carbonyl (C=O) groups excluding carboxylic acids is 3. The Bertz CT molecular complexity index is 882. The van der Waals surface area contributed by atoms with Crippen molar-refractivity contribution in [2.24, 2.45) is 0 Å². The number of amides is 2. The molecular formula is C19H17F3N2O5. The Morgan fingerprint density at radius 1 is 1.03 bits per heavy atom. The molecule has 0 radical (unpaired) electrons. The van der Waals surface area contributed by atoms with E-state index in [0.29, 0.717) is 5.56 Å². The maximum Gasteiger partial charge on any atom is 0.513 e. The molecule has 2 aromatic rings. The molecule has 0 aliphatic carbocycles. The van der Waals surface area contributed by atoms with Gasteiger partial charge in [0.25, 0.3) is 5.91 Å². The number of hydrogen-bond acceptors (Lipinski definition) is 5. The molecule has 0 fully saturated rings. The lowest BCUT2D eigenvalue weighted by molar-refractivity contribution is -0.167. The van der Waals surface area contributed by atoms with Gasteiger partial charge in [0, 0.05) is 17.8 Å². The largest absolute Gasteiger partial charge is 0.513 e. The van der Waals surface area contributed by atoms with Crippen LogP contribution in [-0.2, 0) is 16.1 Å². The maximum absolute atomic E-state index is 12.3. The summed E-state index contributed by atoms with van der Waals surface area (Å²) in [7, 11) is 0. The molecule has 0 spiro atoms. The van der Waals surface area contributed by atoms with E-state index < -0.39 is 24.1 Å². The number of anilines is 1. The van der Waals surface area contributed by atoms with E-state index in [1.807, 2.05) is 0 Å². The Morgan fingerprint density at radius 2 is 1.72 bits per heavy atom. The highest BCUT2D eigenvalue weighted by molar-refractivity contribution is 5.95. The van der Waals surface area contributed by atoms with Gasteiger partial charge in [-0.25, -0.2) is 4.79 Å². The SMILES string of the molecule is CCOC(=O)Oc1ccc(C(=O)NCc2cccc(NC(=O)C(F)(F)F)c2)cc1. The Hall–Kier alpha value is -3.56. The van der Waals surface area contributed by atoms with Crippen LogP contribution < -0.4 is 15.4 Å². The van der Waals surface area contributed by atoms with Crippen molar-refractivity contribution >= 4 is 23.7 Å². The van der Waals surface area contributed by atoms with Gasteiger partial charge in [-0.3, -0.25) is 9.59 Å². The zero-order valence-corrected chi connectivity index (χ0v) is 15.2. The number of benzene rings is 2. The Labute approximate surface area is 163 Å². The van der Waals surface area contributed by atoms with Crippen LogP contribution >= 0.6 is 0 Å². The summed E-state index contributed by atoms with van der Waals surface area (Å²) >= 11 is 0. The van der Waals surface area contributed by atoms with Gasteiger partial charge in [-0.2, -0.15) is 13.2 Å². The molecule has 0 saturated carbocycles. The van der Waals surface area contributed by atoms with E-state index in [4.69, 9.17) is 4.74 Å². The molecule has 2 aromatic carbocycles. The summed E-state index contributed by atoms with van der Waals surface area (Å²) in [5.41, 5.74) is 0.725. The van der Waals surface area contributed by atoms with Crippen LogP contribution in [0.15, 0.2) is 48.5 Å². The molecule has 0 heterocycles. The van der Waals surface area contributed by atoms with Crippen molar-refractivity contribution in [3.05, 3.63) is 59.7 Å². The van der Waals surface area contributed by atoms with Crippen molar-refractivity contribution in [3.8, 4) is 5.75 Å². The van der Waals surface area contributed by atoms with Gasteiger partial charge >= 0.3 is 18.2 Å². The van der Waals surface area contributed by atoms with Gasteiger partial charge in [-0.15, -0.1) is 0 Å². The summed E-state index contributed by atoms with van der Waals surface area (Å²) in [4.78, 5) is 34.4.